The van der Waals surface area contributed by atoms with Gasteiger partial charge >= 0.3 is 0 Å². The summed E-state index contributed by atoms with van der Waals surface area (Å²) in [5, 5.41) is 7.37. The van der Waals surface area contributed by atoms with Crippen LogP contribution >= 0.6 is 11.3 Å². The Morgan fingerprint density at radius 2 is 1.97 bits per heavy atom. The fraction of sp³-hybridized carbons (Fsp3) is 0.250. The Bertz CT molecular complexity index is 1250. The number of fused-ring (bicyclic) bond motifs is 1. The topological polar surface area (TPSA) is 93.4 Å². The Labute approximate surface area is 195 Å². The molecule has 0 saturated heterocycles. The molecule has 9 heteroatoms. The summed E-state index contributed by atoms with van der Waals surface area (Å²) in [6, 6.07) is 17.5. The van der Waals surface area contributed by atoms with Crippen LogP contribution in [-0.2, 0) is 26.1 Å². The molecule has 5 rings (SSSR count). The number of aromatic nitrogens is 3. The lowest BCUT2D eigenvalue weighted by atomic mass is 10.1. The number of nitrogens with zero attached hydrogens (tertiary/aromatic N) is 4. The summed E-state index contributed by atoms with van der Waals surface area (Å²) in [6.07, 6.45) is 0.873. The van der Waals surface area contributed by atoms with Gasteiger partial charge in [0.1, 0.15) is 5.75 Å². The number of hydrogen-bond donors (Lipinski definition) is 1. The summed E-state index contributed by atoms with van der Waals surface area (Å²) in [7, 11) is 0. The van der Waals surface area contributed by atoms with E-state index in [1.807, 2.05) is 12.1 Å². The van der Waals surface area contributed by atoms with Crippen molar-refractivity contribution in [2.45, 2.75) is 33.0 Å². The Hall–Kier alpha value is -3.56. The SMILES string of the molecule is Cc1nc(COc2ccccc2C(=O)Nc2nc3c(s2)CN(Cc2ccccc2)CC3)no1. The third-order valence-electron chi connectivity index (χ3n) is 5.34. The molecule has 2 aromatic carbocycles. The second kappa shape index (κ2) is 9.51. The van der Waals surface area contributed by atoms with Gasteiger partial charge in [-0.15, -0.1) is 11.3 Å². The summed E-state index contributed by atoms with van der Waals surface area (Å²) in [4.78, 5) is 25.4. The number of carbonyl (C=O) groups is 1. The number of hydrogen-bond acceptors (Lipinski definition) is 8. The monoisotopic (exact) mass is 461 g/mol. The van der Waals surface area contributed by atoms with Gasteiger partial charge in [0.2, 0.25) is 11.7 Å². The first-order valence-electron chi connectivity index (χ1n) is 10.7. The number of para-hydroxylation sites is 1. The standard InChI is InChI=1S/C24H23N5O3S/c1-16-25-22(28-32-16)15-31-20-10-6-5-9-18(20)23(30)27-24-26-19-11-12-29(14-21(19)33-24)13-17-7-3-2-4-8-17/h2-10H,11-15H2,1H3,(H,26,27,30). The predicted octanol–water partition coefficient (Wildman–Crippen LogP) is 4.22. The van der Waals surface area contributed by atoms with Crippen molar-refractivity contribution in [3.63, 3.8) is 0 Å². The van der Waals surface area contributed by atoms with Crippen LogP contribution in [0.3, 0.4) is 0 Å². The summed E-state index contributed by atoms with van der Waals surface area (Å²) < 4.78 is 10.7. The third kappa shape index (κ3) is 5.10. The van der Waals surface area contributed by atoms with E-state index in [9.17, 15) is 4.79 Å². The summed E-state index contributed by atoms with van der Waals surface area (Å²) in [5.74, 6) is 1.08. The maximum Gasteiger partial charge on any atom is 0.261 e. The molecule has 0 atom stereocenters. The number of ether oxygens (including phenoxy) is 1. The van der Waals surface area contributed by atoms with Crippen molar-refractivity contribution >= 4 is 22.4 Å². The van der Waals surface area contributed by atoms with Gasteiger partial charge in [-0.05, 0) is 17.7 Å². The van der Waals surface area contributed by atoms with Gasteiger partial charge in [-0.25, -0.2) is 4.98 Å². The van der Waals surface area contributed by atoms with E-state index in [4.69, 9.17) is 9.26 Å². The second-order valence-corrected chi connectivity index (χ2v) is 8.89. The van der Waals surface area contributed by atoms with Gasteiger partial charge in [0.15, 0.2) is 11.7 Å². The number of amides is 1. The highest BCUT2D eigenvalue weighted by atomic mass is 32.1. The van der Waals surface area contributed by atoms with E-state index in [0.29, 0.717) is 28.2 Å². The minimum atomic E-state index is -0.262. The van der Waals surface area contributed by atoms with Gasteiger partial charge < -0.3 is 9.26 Å². The first-order valence-corrected chi connectivity index (χ1v) is 11.5. The highest BCUT2D eigenvalue weighted by Gasteiger charge is 2.22. The van der Waals surface area contributed by atoms with Gasteiger partial charge in [-0.2, -0.15) is 4.98 Å². The predicted molar refractivity (Wildman–Crippen MR) is 124 cm³/mol. The lowest BCUT2D eigenvalue weighted by molar-refractivity contribution is 0.102. The summed E-state index contributed by atoms with van der Waals surface area (Å²) >= 11 is 1.53. The quantitative estimate of drug-likeness (QED) is 0.440. The molecule has 0 bridgehead atoms. The van der Waals surface area contributed by atoms with Crippen LogP contribution in [0.4, 0.5) is 5.13 Å². The Balaban J connectivity index is 1.24. The fourth-order valence-corrected chi connectivity index (χ4v) is 4.81. The molecule has 0 unspecified atom stereocenters. The van der Waals surface area contributed by atoms with Crippen LogP contribution in [0.15, 0.2) is 59.1 Å². The largest absolute Gasteiger partial charge is 0.485 e. The van der Waals surface area contributed by atoms with Crippen molar-refractivity contribution in [3.05, 3.63) is 88.0 Å². The Morgan fingerprint density at radius 1 is 1.15 bits per heavy atom. The molecule has 1 aliphatic rings. The van der Waals surface area contributed by atoms with Crippen LogP contribution in [0.1, 0.15) is 38.2 Å². The van der Waals surface area contributed by atoms with Crippen LogP contribution in [0.25, 0.3) is 0 Å². The number of carbonyl (C=O) groups excluding carboxylic acids is 1. The van der Waals surface area contributed by atoms with Crippen LogP contribution in [-0.4, -0.2) is 32.5 Å². The van der Waals surface area contributed by atoms with Crippen molar-refractivity contribution in [3.8, 4) is 5.75 Å². The molecule has 3 heterocycles. The zero-order chi connectivity index (χ0) is 22.6. The number of aryl methyl sites for hydroxylation is 1. The zero-order valence-electron chi connectivity index (χ0n) is 18.2. The van der Waals surface area contributed by atoms with Crippen LogP contribution in [0.2, 0.25) is 0 Å². The third-order valence-corrected chi connectivity index (χ3v) is 6.34. The highest BCUT2D eigenvalue weighted by molar-refractivity contribution is 7.15. The van der Waals surface area contributed by atoms with E-state index >= 15 is 0 Å². The van der Waals surface area contributed by atoms with Gasteiger partial charge in [0, 0.05) is 37.9 Å². The molecule has 2 aromatic heterocycles. The van der Waals surface area contributed by atoms with Gasteiger partial charge in [0.25, 0.3) is 5.91 Å². The molecule has 0 aliphatic carbocycles. The molecule has 4 aromatic rings. The van der Waals surface area contributed by atoms with Crippen molar-refractivity contribution in [1.29, 1.82) is 0 Å². The second-order valence-electron chi connectivity index (χ2n) is 7.80. The molecule has 1 aliphatic heterocycles. The number of rotatable bonds is 7. The van der Waals surface area contributed by atoms with Gasteiger partial charge in [0.05, 0.1) is 11.3 Å². The summed E-state index contributed by atoms with van der Waals surface area (Å²) in [6.45, 7) is 4.52. The van der Waals surface area contributed by atoms with E-state index in [2.05, 4.69) is 49.6 Å². The Kier molecular flexibility index (Phi) is 6.14. The smallest absolute Gasteiger partial charge is 0.261 e. The molecule has 0 fully saturated rings. The average molecular weight is 462 g/mol. The molecule has 8 nitrogen and oxygen atoms in total. The van der Waals surface area contributed by atoms with Crippen molar-refractivity contribution < 1.29 is 14.1 Å². The first kappa shape index (κ1) is 21.3. The first-order chi connectivity index (χ1) is 16.1. The zero-order valence-corrected chi connectivity index (χ0v) is 19.0. The Morgan fingerprint density at radius 3 is 2.79 bits per heavy atom. The molecule has 0 spiro atoms. The van der Waals surface area contributed by atoms with Crippen molar-refractivity contribution in [1.82, 2.24) is 20.0 Å². The van der Waals surface area contributed by atoms with Crippen LogP contribution in [0.5, 0.6) is 5.75 Å². The number of thiazole rings is 1. The lowest BCUT2D eigenvalue weighted by Gasteiger charge is -2.25. The molecule has 1 N–H and O–H groups in total. The minimum absolute atomic E-state index is 0.116. The van der Waals surface area contributed by atoms with Crippen molar-refractivity contribution in [2.24, 2.45) is 0 Å². The molecule has 0 radical (unpaired) electrons. The molecule has 0 saturated carbocycles. The average Bonchev–Trinajstić information content (AvgIpc) is 3.43. The normalized spacial score (nSPS) is 13.5. The molecular weight excluding hydrogens is 438 g/mol. The van der Waals surface area contributed by atoms with Crippen LogP contribution in [0, 0.1) is 6.92 Å². The van der Waals surface area contributed by atoms with E-state index in [0.717, 1.165) is 31.7 Å². The maximum absolute atomic E-state index is 13.0. The fourth-order valence-electron chi connectivity index (χ4n) is 3.77. The maximum atomic E-state index is 13.0. The minimum Gasteiger partial charge on any atom is -0.485 e. The van der Waals surface area contributed by atoms with Crippen LogP contribution < -0.4 is 10.1 Å². The van der Waals surface area contributed by atoms with Gasteiger partial charge in [-0.3, -0.25) is 15.0 Å². The van der Waals surface area contributed by atoms with E-state index in [1.165, 1.54) is 21.8 Å². The lowest BCUT2D eigenvalue weighted by Crippen LogP contribution is -2.29. The van der Waals surface area contributed by atoms with Crippen molar-refractivity contribution in [2.75, 3.05) is 11.9 Å². The number of anilines is 1. The summed E-state index contributed by atoms with van der Waals surface area (Å²) in [5.41, 5.74) is 2.79. The molecule has 168 valence electrons. The van der Waals surface area contributed by atoms with E-state index in [1.54, 1.807) is 25.1 Å². The molecule has 1 amide bonds. The number of benzene rings is 2. The molecular formula is C24H23N5O3S. The highest BCUT2D eigenvalue weighted by Crippen LogP contribution is 2.30. The number of nitrogens with one attached hydrogen (secondary N) is 1. The van der Waals surface area contributed by atoms with Gasteiger partial charge in [-0.1, -0.05) is 47.6 Å². The van der Waals surface area contributed by atoms with E-state index < -0.39 is 0 Å². The molecule has 33 heavy (non-hydrogen) atoms. The van der Waals surface area contributed by atoms with E-state index in [-0.39, 0.29) is 12.5 Å².